The Morgan fingerprint density at radius 2 is 1.83 bits per heavy atom. The maximum absolute atomic E-state index is 13.1. The molecule has 8 heteroatoms. The smallest absolute Gasteiger partial charge is 0.307 e. The normalized spacial score (nSPS) is 13.8. The minimum atomic E-state index is -0.900. The van der Waals surface area contributed by atoms with Crippen molar-refractivity contribution in [2.45, 2.75) is 6.42 Å². The molecule has 3 aromatic carbocycles. The van der Waals surface area contributed by atoms with Crippen LogP contribution in [0, 0.1) is 0 Å². The van der Waals surface area contributed by atoms with Crippen LogP contribution in [0.25, 0.3) is 22.7 Å². The predicted molar refractivity (Wildman–Crippen MR) is 137 cm³/mol. The average molecular weight is 485 g/mol. The van der Waals surface area contributed by atoms with Gasteiger partial charge >= 0.3 is 5.97 Å². The van der Waals surface area contributed by atoms with Crippen LogP contribution in [0.4, 0.5) is 11.4 Å². The number of imidazole rings is 1. The fourth-order valence-electron chi connectivity index (χ4n) is 4.13. The van der Waals surface area contributed by atoms with Crippen molar-refractivity contribution < 1.29 is 14.7 Å². The highest BCUT2D eigenvalue weighted by atomic mass is 35.5. The highest BCUT2D eigenvalue weighted by Gasteiger charge is 2.28. The second-order valence-electron chi connectivity index (χ2n) is 8.23. The lowest BCUT2D eigenvalue weighted by Crippen LogP contribution is -2.10. The summed E-state index contributed by atoms with van der Waals surface area (Å²) < 4.78 is 1.94. The van der Waals surface area contributed by atoms with Gasteiger partial charge in [0.25, 0.3) is 5.91 Å². The maximum Gasteiger partial charge on any atom is 0.307 e. The van der Waals surface area contributed by atoms with Crippen molar-refractivity contribution in [3.63, 3.8) is 0 Å². The number of carbonyl (C=O) groups excluding carboxylic acids is 1. The molecule has 1 aromatic heterocycles. The van der Waals surface area contributed by atoms with Crippen molar-refractivity contribution in [1.82, 2.24) is 9.55 Å². The molecule has 3 N–H and O–H groups in total. The molecule has 1 aliphatic rings. The third-order valence-corrected chi connectivity index (χ3v) is 6.04. The zero-order valence-corrected chi connectivity index (χ0v) is 19.5. The molecule has 1 amide bonds. The van der Waals surface area contributed by atoms with Gasteiger partial charge in [0.1, 0.15) is 5.82 Å². The average Bonchev–Trinajstić information content (AvgIpc) is 3.40. The van der Waals surface area contributed by atoms with Gasteiger partial charge in [0.15, 0.2) is 0 Å². The van der Waals surface area contributed by atoms with Crippen LogP contribution in [-0.2, 0) is 23.1 Å². The molecular weight excluding hydrogens is 464 g/mol. The molecule has 35 heavy (non-hydrogen) atoms. The Bertz CT molecular complexity index is 1470. The molecule has 0 saturated heterocycles. The number of hydrogen-bond acceptors (Lipinski definition) is 4. The minimum Gasteiger partial charge on any atom is -0.481 e. The van der Waals surface area contributed by atoms with Gasteiger partial charge in [-0.05, 0) is 47.5 Å². The number of halogens is 1. The van der Waals surface area contributed by atoms with Gasteiger partial charge in [-0.2, -0.15) is 0 Å². The molecule has 0 saturated carbocycles. The molecule has 2 heterocycles. The van der Waals surface area contributed by atoms with E-state index in [1.54, 1.807) is 30.5 Å². The van der Waals surface area contributed by atoms with E-state index >= 15 is 0 Å². The van der Waals surface area contributed by atoms with E-state index < -0.39 is 5.97 Å². The summed E-state index contributed by atoms with van der Waals surface area (Å²) in [6, 6.07) is 20.2. The van der Waals surface area contributed by atoms with Crippen molar-refractivity contribution in [3.05, 3.63) is 101 Å². The molecule has 0 spiro atoms. The van der Waals surface area contributed by atoms with Crippen LogP contribution in [0.2, 0.25) is 5.02 Å². The standard InChI is InChI=1S/C27H21ClN4O3/c1-32-13-12-29-26(32)18-6-9-20(10-7-18)30-25(17-4-2-16(3-5-17)14-23(33)34)24-21-11-8-19(28)15-22(21)31-27(24)35/h2-13,15,30H,14H2,1H3,(H,31,35)(H,33,34)/b25-24-. The lowest BCUT2D eigenvalue weighted by Gasteiger charge is -2.16. The first kappa shape index (κ1) is 22.4. The van der Waals surface area contributed by atoms with Crippen molar-refractivity contribution in [3.8, 4) is 11.4 Å². The molecule has 0 radical (unpaired) electrons. The molecule has 0 atom stereocenters. The van der Waals surface area contributed by atoms with Gasteiger partial charge in [0.2, 0.25) is 0 Å². The van der Waals surface area contributed by atoms with Crippen LogP contribution in [0.15, 0.2) is 79.1 Å². The van der Waals surface area contributed by atoms with Crippen LogP contribution in [0.5, 0.6) is 0 Å². The first-order valence-electron chi connectivity index (χ1n) is 10.9. The summed E-state index contributed by atoms with van der Waals surface area (Å²) in [4.78, 5) is 28.5. The van der Waals surface area contributed by atoms with Crippen molar-refractivity contribution in [1.29, 1.82) is 0 Å². The Balaban J connectivity index is 1.57. The Kier molecular flexibility index (Phi) is 5.84. The number of aryl methyl sites for hydroxylation is 1. The van der Waals surface area contributed by atoms with Crippen LogP contribution in [0.1, 0.15) is 16.7 Å². The molecule has 0 unspecified atom stereocenters. The predicted octanol–water partition coefficient (Wildman–Crippen LogP) is 5.30. The van der Waals surface area contributed by atoms with Crippen LogP contribution in [0.3, 0.4) is 0 Å². The van der Waals surface area contributed by atoms with Gasteiger partial charge in [0, 0.05) is 41.3 Å². The number of anilines is 2. The number of fused-ring (bicyclic) bond motifs is 1. The monoisotopic (exact) mass is 484 g/mol. The third-order valence-electron chi connectivity index (χ3n) is 5.81. The van der Waals surface area contributed by atoms with Crippen LogP contribution >= 0.6 is 11.6 Å². The van der Waals surface area contributed by atoms with E-state index in [4.69, 9.17) is 16.7 Å². The van der Waals surface area contributed by atoms with E-state index in [0.717, 1.165) is 28.2 Å². The van der Waals surface area contributed by atoms with Gasteiger partial charge in [-0.1, -0.05) is 41.9 Å². The number of hydrogen-bond donors (Lipinski definition) is 3. The summed E-state index contributed by atoms with van der Waals surface area (Å²) in [5.41, 5.74) is 5.65. The lowest BCUT2D eigenvalue weighted by molar-refractivity contribution is -0.136. The fourth-order valence-corrected chi connectivity index (χ4v) is 4.30. The number of aliphatic carboxylic acids is 1. The Labute approximate surface area is 206 Å². The summed E-state index contributed by atoms with van der Waals surface area (Å²) in [5, 5.41) is 15.9. The number of aromatic nitrogens is 2. The summed E-state index contributed by atoms with van der Waals surface area (Å²) in [6.45, 7) is 0. The van der Waals surface area contributed by atoms with Crippen LogP contribution in [-0.4, -0.2) is 26.5 Å². The number of amides is 1. The highest BCUT2D eigenvalue weighted by molar-refractivity contribution is 6.38. The van der Waals surface area contributed by atoms with E-state index in [1.165, 1.54) is 0 Å². The molecule has 1 aliphatic heterocycles. The second kappa shape index (κ2) is 9.12. The van der Waals surface area contributed by atoms with Gasteiger partial charge in [0.05, 0.1) is 23.4 Å². The molecule has 5 rings (SSSR count). The van der Waals surface area contributed by atoms with Crippen molar-refractivity contribution >= 4 is 46.1 Å². The first-order valence-corrected chi connectivity index (χ1v) is 11.3. The van der Waals surface area contributed by atoms with Gasteiger partial charge in [-0.15, -0.1) is 0 Å². The van der Waals surface area contributed by atoms with E-state index in [2.05, 4.69) is 15.6 Å². The van der Waals surface area contributed by atoms with Crippen molar-refractivity contribution in [2.24, 2.45) is 7.05 Å². The summed E-state index contributed by atoms with van der Waals surface area (Å²) >= 11 is 6.13. The molecule has 0 fully saturated rings. The zero-order chi connectivity index (χ0) is 24.5. The summed E-state index contributed by atoms with van der Waals surface area (Å²) in [6.07, 6.45) is 3.57. The van der Waals surface area contributed by atoms with E-state index in [-0.39, 0.29) is 12.3 Å². The highest BCUT2D eigenvalue weighted by Crippen LogP contribution is 2.39. The molecule has 7 nitrogen and oxygen atoms in total. The maximum atomic E-state index is 13.1. The number of nitrogens with zero attached hydrogens (tertiary/aromatic N) is 2. The number of carbonyl (C=O) groups is 2. The molecular formula is C27H21ClN4O3. The van der Waals surface area contributed by atoms with E-state index in [9.17, 15) is 9.59 Å². The Morgan fingerprint density at radius 3 is 2.49 bits per heavy atom. The SMILES string of the molecule is Cn1ccnc1-c1ccc(N/C(=C2\C(=O)Nc3cc(Cl)ccc32)c2ccc(CC(=O)O)cc2)cc1. The molecule has 4 aromatic rings. The van der Waals surface area contributed by atoms with Gasteiger partial charge in [-0.3, -0.25) is 9.59 Å². The number of nitrogens with one attached hydrogen (secondary N) is 2. The van der Waals surface area contributed by atoms with E-state index in [1.807, 2.05) is 60.3 Å². The molecule has 0 aliphatic carbocycles. The number of carboxylic acid groups (broad SMARTS) is 1. The number of rotatable bonds is 6. The van der Waals surface area contributed by atoms with Crippen molar-refractivity contribution in [2.75, 3.05) is 10.6 Å². The van der Waals surface area contributed by atoms with Gasteiger partial charge < -0.3 is 20.3 Å². The molecule has 174 valence electrons. The first-order chi connectivity index (χ1) is 16.9. The zero-order valence-electron chi connectivity index (χ0n) is 18.7. The second-order valence-corrected chi connectivity index (χ2v) is 8.66. The fraction of sp³-hybridized carbons (Fsp3) is 0.0741. The Hall–Kier alpha value is -4.36. The summed E-state index contributed by atoms with van der Waals surface area (Å²) in [7, 11) is 1.94. The summed E-state index contributed by atoms with van der Waals surface area (Å²) in [5.74, 6) is -0.294. The minimum absolute atomic E-state index is 0.0733. The quantitative estimate of drug-likeness (QED) is 0.323. The molecule has 0 bridgehead atoms. The lowest BCUT2D eigenvalue weighted by atomic mass is 9.98. The number of benzene rings is 3. The third kappa shape index (κ3) is 4.54. The van der Waals surface area contributed by atoms with E-state index in [0.29, 0.717) is 27.5 Å². The van der Waals surface area contributed by atoms with Gasteiger partial charge in [-0.25, -0.2) is 4.98 Å². The van der Waals surface area contributed by atoms with Crippen LogP contribution < -0.4 is 10.6 Å². The number of carboxylic acids is 1. The Morgan fingerprint density at radius 1 is 1.09 bits per heavy atom. The largest absolute Gasteiger partial charge is 0.481 e. The topological polar surface area (TPSA) is 96.3 Å².